The van der Waals surface area contributed by atoms with Crippen LogP contribution in [0.25, 0.3) is 17.2 Å². The molecule has 2 aromatic carbocycles. The van der Waals surface area contributed by atoms with E-state index in [1.165, 1.54) is 38.9 Å². The molecule has 0 atom stereocenters. The van der Waals surface area contributed by atoms with Gasteiger partial charge in [0.1, 0.15) is 0 Å². The van der Waals surface area contributed by atoms with Crippen molar-refractivity contribution < 1.29 is 0 Å². The molecular weight excluding hydrogens is 360 g/mol. The second kappa shape index (κ2) is 7.40. The zero-order chi connectivity index (χ0) is 22.6. The SMILES string of the molecule is CC(C)C1=Cc2c(ccc(C(C)(C)C)c2-c2cc(C(C)(C)C)cc(C(C)(C)C)c2)C1. The average molecular weight is 403 g/mol. The van der Waals surface area contributed by atoms with Crippen molar-refractivity contribution in [1.29, 1.82) is 0 Å². The molecule has 0 N–H and O–H groups in total. The van der Waals surface area contributed by atoms with Gasteiger partial charge in [0, 0.05) is 0 Å². The van der Waals surface area contributed by atoms with Gasteiger partial charge in [-0.1, -0.05) is 118 Å². The van der Waals surface area contributed by atoms with E-state index in [0.717, 1.165) is 6.42 Å². The molecule has 0 heterocycles. The Hall–Kier alpha value is -1.82. The summed E-state index contributed by atoms with van der Waals surface area (Å²) in [6.07, 6.45) is 3.58. The van der Waals surface area contributed by atoms with E-state index in [1.807, 2.05) is 0 Å². The maximum atomic E-state index is 2.49. The fraction of sp³-hybridized carbons (Fsp3) is 0.533. The first-order valence-electron chi connectivity index (χ1n) is 11.6. The molecule has 0 saturated heterocycles. The van der Waals surface area contributed by atoms with E-state index in [9.17, 15) is 0 Å². The van der Waals surface area contributed by atoms with E-state index in [0.29, 0.717) is 5.92 Å². The Bertz CT molecular complexity index is 944. The Labute approximate surface area is 185 Å². The van der Waals surface area contributed by atoms with Crippen LogP contribution in [0.2, 0.25) is 0 Å². The largest absolute Gasteiger partial charge is 0.0626 e. The van der Waals surface area contributed by atoms with Crippen LogP contribution in [0.5, 0.6) is 0 Å². The number of allylic oxidation sites excluding steroid dienone is 1. The molecule has 0 saturated carbocycles. The van der Waals surface area contributed by atoms with E-state index < -0.39 is 0 Å². The molecule has 3 rings (SSSR count). The van der Waals surface area contributed by atoms with Gasteiger partial charge in [0.15, 0.2) is 0 Å². The van der Waals surface area contributed by atoms with E-state index in [2.05, 4.69) is 113 Å². The van der Waals surface area contributed by atoms with Crippen LogP contribution in [-0.2, 0) is 22.7 Å². The lowest BCUT2D eigenvalue weighted by atomic mass is 9.75. The lowest BCUT2D eigenvalue weighted by Gasteiger charge is -2.29. The van der Waals surface area contributed by atoms with Crippen molar-refractivity contribution in [2.75, 3.05) is 0 Å². The van der Waals surface area contributed by atoms with Crippen LogP contribution >= 0.6 is 0 Å². The molecule has 1 aliphatic carbocycles. The fourth-order valence-corrected chi connectivity index (χ4v) is 4.38. The monoisotopic (exact) mass is 402 g/mol. The second-order valence-corrected chi connectivity index (χ2v) is 12.7. The molecule has 0 nitrogen and oxygen atoms in total. The van der Waals surface area contributed by atoms with E-state index >= 15 is 0 Å². The van der Waals surface area contributed by atoms with Crippen LogP contribution < -0.4 is 0 Å². The minimum Gasteiger partial charge on any atom is -0.0626 e. The quantitative estimate of drug-likeness (QED) is 0.470. The Kier molecular flexibility index (Phi) is 5.64. The van der Waals surface area contributed by atoms with Crippen molar-refractivity contribution in [1.82, 2.24) is 0 Å². The lowest BCUT2D eigenvalue weighted by molar-refractivity contribution is 0.568. The molecule has 0 heteroatoms. The highest BCUT2D eigenvalue weighted by molar-refractivity contribution is 5.84. The van der Waals surface area contributed by atoms with Gasteiger partial charge in [-0.05, 0) is 67.5 Å². The van der Waals surface area contributed by atoms with E-state index in [-0.39, 0.29) is 16.2 Å². The minimum absolute atomic E-state index is 0.0957. The topological polar surface area (TPSA) is 0 Å². The normalized spacial score (nSPS) is 14.9. The third-order valence-electron chi connectivity index (χ3n) is 6.56. The van der Waals surface area contributed by atoms with Gasteiger partial charge in [-0.2, -0.15) is 0 Å². The maximum absolute atomic E-state index is 2.49. The zero-order valence-electron chi connectivity index (χ0n) is 21.2. The number of hydrogen-bond acceptors (Lipinski definition) is 0. The van der Waals surface area contributed by atoms with Crippen LogP contribution in [0.1, 0.15) is 104 Å². The predicted molar refractivity (Wildman–Crippen MR) is 134 cm³/mol. The predicted octanol–water partition coefficient (Wildman–Crippen LogP) is 8.84. The molecule has 0 aromatic heterocycles. The number of benzene rings is 2. The van der Waals surface area contributed by atoms with Crippen molar-refractivity contribution in [3.05, 3.63) is 63.7 Å². The molecule has 0 unspecified atom stereocenters. The van der Waals surface area contributed by atoms with Gasteiger partial charge < -0.3 is 0 Å². The first-order valence-corrected chi connectivity index (χ1v) is 11.6. The maximum Gasteiger partial charge on any atom is -0.00550 e. The highest BCUT2D eigenvalue weighted by Crippen LogP contribution is 2.44. The Balaban J connectivity index is 2.39. The summed E-state index contributed by atoms with van der Waals surface area (Å²) in [5.41, 5.74) is 12.0. The van der Waals surface area contributed by atoms with Crippen LogP contribution in [0.3, 0.4) is 0 Å². The molecule has 0 fully saturated rings. The van der Waals surface area contributed by atoms with Gasteiger partial charge in [-0.3, -0.25) is 0 Å². The highest BCUT2D eigenvalue weighted by Gasteiger charge is 2.28. The summed E-state index contributed by atoms with van der Waals surface area (Å²) in [7, 11) is 0. The van der Waals surface area contributed by atoms with E-state index in [4.69, 9.17) is 0 Å². The lowest BCUT2D eigenvalue weighted by Crippen LogP contribution is -2.18. The van der Waals surface area contributed by atoms with Crippen molar-refractivity contribution >= 4 is 6.08 Å². The second-order valence-electron chi connectivity index (χ2n) is 12.7. The third-order valence-corrected chi connectivity index (χ3v) is 6.56. The van der Waals surface area contributed by atoms with Crippen molar-refractivity contribution in [2.24, 2.45) is 5.92 Å². The summed E-state index contributed by atoms with van der Waals surface area (Å²) < 4.78 is 0. The summed E-state index contributed by atoms with van der Waals surface area (Å²) in [6, 6.07) is 12.1. The standard InChI is InChI=1S/C30H42/c1-19(2)21-14-20-12-13-26(30(9,10)11)27(25(20)17-21)22-15-23(28(3,4)5)18-24(16-22)29(6,7)8/h12-13,15-19H,14H2,1-11H3. The Morgan fingerprint density at radius 2 is 1.23 bits per heavy atom. The molecule has 0 amide bonds. The van der Waals surface area contributed by atoms with E-state index in [1.54, 1.807) is 5.57 Å². The minimum atomic E-state index is 0.0957. The summed E-state index contributed by atoms with van der Waals surface area (Å²) in [4.78, 5) is 0. The van der Waals surface area contributed by atoms with Crippen LogP contribution in [0.4, 0.5) is 0 Å². The number of hydrogen-bond donors (Lipinski definition) is 0. The van der Waals surface area contributed by atoms with Gasteiger partial charge >= 0.3 is 0 Å². The van der Waals surface area contributed by atoms with Crippen molar-refractivity contribution in [3.8, 4) is 11.1 Å². The molecule has 0 bridgehead atoms. The number of rotatable bonds is 2. The van der Waals surface area contributed by atoms with Crippen LogP contribution in [0, 0.1) is 5.92 Å². The first-order chi connectivity index (χ1) is 13.6. The van der Waals surface area contributed by atoms with Gasteiger partial charge in [-0.15, -0.1) is 0 Å². The summed E-state index contributed by atoms with van der Waals surface area (Å²) in [5.74, 6) is 0.592. The van der Waals surface area contributed by atoms with Gasteiger partial charge in [0.25, 0.3) is 0 Å². The fourth-order valence-electron chi connectivity index (χ4n) is 4.38. The molecule has 0 aliphatic heterocycles. The molecule has 1 aliphatic rings. The van der Waals surface area contributed by atoms with Crippen molar-refractivity contribution in [2.45, 2.75) is 98.8 Å². The van der Waals surface area contributed by atoms with Crippen LogP contribution in [-0.4, -0.2) is 0 Å². The summed E-state index contributed by atoms with van der Waals surface area (Å²) in [6.45, 7) is 25.6. The van der Waals surface area contributed by atoms with Gasteiger partial charge in [-0.25, -0.2) is 0 Å². The Morgan fingerprint density at radius 3 is 1.67 bits per heavy atom. The smallest absolute Gasteiger partial charge is 0.00550 e. The van der Waals surface area contributed by atoms with Crippen LogP contribution in [0.15, 0.2) is 35.9 Å². The summed E-state index contributed by atoms with van der Waals surface area (Å²) >= 11 is 0. The Morgan fingerprint density at radius 1 is 0.700 bits per heavy atom. The zero-order valence-corrected chi connectivity index (χ0v) is 21.2. The van der Waals surface area contributed by atoms with Gasteiger partial charge in [0.2, 0.25) is 0 Å². The van der Waals surface area contributed by atoms with Gasteiger partial charge in [0.05, 0.1) is 0 Å². The number of fused-ring (bicyclic) bond motifs is 1. The van der Waals surface area contributed by atoms with Crippen molar-refractivity contribution in [3.63, 3.8) is 0 Å². The molecule has 0 spiro atoms. The third kappa shape index (κ3) is 4.43. The molecular formula is C30H42. The molecule has 162 valence electrons. The molecule has 2 aromatic rings. The average Bonchev–Trinajstić information content (AvgIpc) is 3.02. The molecule has 0 radical (unpaired) electrons. The summed E-state index contributed by atoms with van der Waals surface area (Å²) in [5, 5.41) is 0. The first kappa shape index (κ1) is 22.9. The molecule has 30 heavy (non-hydrogen) atoms. The highest BCUT2D eigenvalue weighted by atomic mass is 14.3.